The molecule has 2 heterocycles. The summed E-state index contributed by atoms with van der Waals surface area (Å²) in [6.45, 7) is 0. The molecule has 1 amide bonds. The molecule has 7 heteroatoms. The first kappa shape index (κ1) is 10.9. The van der Waals surface area contributed by atoms with E-state index in [1.165, 1.54) is 24.5 Å². The number of H-pyrrole nitrogens is 1. The maximum absolute atomic E-state index is 11.7. The Labute approximate surface area is 101 Å². The lowest BCUT2D eigenvalue weighted by atomic mass is 10.3. The van der Waals surface area contributed by atoms with E-state index >= 15 is 0 Å². The van der Waals surface area contributed by atoms with E-state index in [9.17, 15) is 4.79 Å². The number of rotatable bonds is 2. The number of nitrogens with one attached hydrogen (secondary N) is 2. The minimum atomic E-state index is -0.436. The lowest BCUT2D eigenvalue weighted by Crippen LogP contribution is -2.13. The Bertz CT molecular complexity index is 512. The highest BCUT2D eigenvalue weighted by atomic mass is 35.5. The quantitative estimate of drug-likeness (QED) is 0.811. The Kier molecular flexibility index (Phi) is 3.07. The number of aromatic nitrogens is 3. The Morgan fingerprint density at radius 2 is 2.19 bits per heavy atom. The number of aromatic amines is 1. The highest BCUT2D eigenvalue weighted by Gasteiger charge is 2.13. The smallest absolute Gasteiger partial charge is 0.275 e. The summed E-state index contributed by atoms with van der Waals surface area (Å²) in [7, 11) is 0. The molecule has 2 aromatic heterocycles. The van der Waals surface area contributed by atoms with E-state index in [-0.39, 0.29) is 15.9 Å². The van der Waals surface area contributed by atoms with Crippen LogP contribution in [0.2, 0.25) is 10.2 Å². The van der Waals surface area contributed by atoms with Crippen molar-refractivity contribution >= 4 is 34.8 Å². The highest BCUT2D eigenvalue weighted by Crippen LogP contribution is 2.17. The Hall–Kier alpha value is -1.59. The zero-order chi connectivity index (χ0) is 11.5. The van der Waals surface area contributed by atoms with Gasteiger partial charge in [-0.2, -0.15) is 5.10 Å². The van der Waals surface area contributed by atoms with Crippen LogP contribution in [0, 0.1) is 0 Å². The van der Waals surface area contributed by atoms with Gasteiger partial charge in [-0.05, 0) is 12.1 Å². The molecule has 0 saturated heterocycles. The van der Waals surface area contributed by atoms with Crippen molar-refractivity contribution in [3.05, 3.63) is 40.4 Å². The minimum absolute atomic E-state index is 0.0790. The van der Waals surface area contributed by atoms with Gasteiger partial charge in [0, 0.05) is 6.20 Å². The van der Waals surface area contributed by atoms with Gasteiger partial charge in [-0.15, -0.1) is 0 Å². The van der Waals surface area contributed by atoms with E-state index in [2.05, 4.69) is 20.5 Å². The van der Waals surface area contributed by atoms with Gasteiger partial charge >= 0.3 is 0 Å². The number of amides is 1. The molecule has 0 aliphatic carbocycles. The second-order valence-electron chi connectivity index (χ2n) is 2.91. The van der Waals surface area contributed by atoms with Crippen LogP contribution >= 0.6 is 23.2 Å². The SMILES string of the molecule is O=C(Nc1cn[nH]c1)c1nc(Cl)ccc1Cl. The summed E-state index contributed by atoms with van der Waals surface area (Å²) in [5.41, 5.74) is 0.609. The van der Waals surface area contributed by atoms with Crippen molar-refractivity contribution in [2.45, 2.75) is 0 Å². The monoisotopic (exact) mass is 256 g/mol. The van der Waals surface area contributed by atoms with Crippen LogP contribution in [0.1, 0.15) is 10.5 Å². The third-order valence-corrected chi connectivity index (χ3v) is 2.30. The predicted octanol–water partition coefficient (Wildman–Crippen LogP) is 2.36. The third-order valence-electron chi connectivity index (χ3n) is 1.78. The predicted molar refractivity (Wildman–Crippen MR) is 60.8 cm³/mol. The van der Waals surface area contributed by atoms with E-state index in [0.29, 0.717) is 5.69 Å². The molecule has 2 rings (SSSR count). The molecular weight excluding hydrogens is 251 g/mol. The average Bonchev–Trinajstić information content (AvgIpc) is 2.74. The van der Waals surface area contributed by atoms with E-state index in [4.69, 9.17) is 23.2 Å². The largest absolute Gasteiger partial charge is 0.318 e. The fraction of sp³-hybridized carbons (Fsp3) is 0. The van der Waals surface area contributed by atoms with Crippen molar-refractivity contribution in [3.8, 4) is 0 Å². The molecule has 0 bridgehead atoms. The van der Waals surface area contributed by atoms with Crippen molar-refractivity contribution in [3.63, 3.8) is 0 Å². The van der Waals surface area contributed by atoms with Crippen LogP contribution in [0.3, 0.4) is 0 Å². The van der Waals surface area contributed by atoms with Crippen LogP contribution in [-0.2, 0) is 0 Å². The fourth-order valence-electron chi connectivity index (χ4n) is 1.09. The van der Waals surface area contributed by atoms with Gasteiger partial charge < -0.3 is 5.32 Å². The summed E-state index contributed by atoms with van der Waals surface area (Å²) in [5, 5.41) is 9.28. The molecule has 0 aromatic carbocycles. The van der Waals surface area contributed by atoms with E-state index in [1.807, 2.05) is 0 Å². The van der Waals surface area contributed by atoms with Crippen LogP contribution in [0.25, 0.3) is 0 Å². The second kappa shape index (κ2) is 4.51. The molecule has 0 unspecified atom stereocenters. The summed E-state index contributed by atoms with van der Waals surface area (Å²) in [5.74, 6) is -0.436. The van der Waals surface area contributed by atoms with Crippen molar-refractivity contribution in [2.24, 2.45) is 0 Å². The number of nitrogens with zero attached hydrogens (tertiary/aromatic N) is 2. The molecule has 2 N–H and O–H groups in total. The Morgan fingerprint density at radius 1 is 1.38 bits per heavy atom. The van der Waals surface area contributed by atoms with Gasteiger partial charge in [0.2, 0.25) is 0 Å². The van der Waals surface area contributed by atoms with Crippen molar-refractivity contribution in [2.75, 3.05) is 5.32 Å². The number of pyridine rings is 1. The van der Waals surface area contributed by atoms with Gasteiger partial charge in [0.1, 0.15) is 10.8 Å². The van der Waals surface area contributed by atoms with Crippen molar-refractivity contribution in [1.82, 2.24) is 15.2 Å². The topological polar surface area (TPSA) is 70.7 Å². The normalized spacial score (nSPS) is 10.1. The van der Waals surface area contributed by atoms with Gasteiger partial charge in [-0.3, -0.25) is 9.89 Å². The van der Waals surface area contributed by atoms with Crippen LogP contribution < -0.4 is 5.32 Å². The third kappa shape index (κ3) is 2.32. The summed E-state index contributed by atoms with van der Waals surface area (Å²) < 4.78 is 0. The van der Waals surface area contributed by atoms with E-state index in [1.54, 1.807) is 0 Å². The van der Waals surface area contributed by atoms with Crippen LogP contribution in [0.15, 0.2) is 24.5 Å². The lowest BCUT2D eigenvalue weighted by molar-refractivity contribution is 0.102. The molecule has 2 aromatic rings. The van der Waals surface area contributed by atoms with Crippen LogP contribution in [-0.4, -0.2) is 21.1 Å². The summed E-state index contributed by atoms with van der Waals surface area (Å²) >= 11 is 11.5. The Balaban J connectivity index is 2.24. The molecule has 0 radical (unpaired) electrons. The molecule has 0 aliphatic heterocycles. The van der Waals surface area contributed by atoms with Gasteiger partial charge in [0.15, 0.2) is 0 Å². The average molecular weight is 257 g/mol. The van der Waals surface area contributed by atoms with Gasteiger partial charge in [-0.25, -0.2) is 4.98 Å². The molecule has 5 nitrogen and oxygen atoms in total. The van der Waals surface area contributed by atoms with Gasteiger partial charge in [-0.1, -0.05) is 23.2 Å². The van der Waals surface area contributed by atoms with Crippen LogP contribution in [0.4, 0.5) is 5.69 Å². The summed E-state index contributed by atoms with van der Waals surface area (Å²) in [6.07, 6.45) is 3.01. The van der Waals surface area contributed by atoms with Crippen molar-refractivity contribution < 1.29 is 4.79 Å². The first-order valence-electron chi connectivity index (χ1n) is 4.29. The van der Waals surface area contributed by atoms with Gasteiger partial charge in [0.25, 0.3) is 5.91 Å². The molecule has 0 atom stereocenters. The van der Waals surface area contributed by atoms with Crippen molar-refractivity contribution in [1.29, 1.82) is 0 Å². The molecule has 82 valence electrons. The number of anilines is 1. The minimum Gasteiger partial charge on any atom is -0.318 e. The van der Waals surface area contributed by atoms with Crippen LogP contribution in [0.5, 0.6) is 0 Å². The first-order valence-corrected chi connectivity index (χ1v) is 5.04. The summed E-state index contributed by atoms with van der Waals surface area (Å²) in [6, 6.07) is 3.03. The number of carbonyl (C=O) groups excluding carboxylic acids is 1. The zero-order valence-electron chi connectivity index (χ0n) is 7.87. The maximum Gasteiger partial charge on any atom is 0.275 e. The zero-order valence-corrected chi connectivity index (χ0v) is 9.38. The molecular formula is C9H6Cl2N4O. The summed E-state index contributed by atoms with van der Waals surface area (Å²) in [4.78, 5) is 15.6. The molecule has 0 saturated carbocycles. The molecule has 0 fully saturated rings. The Morgan fingerprint density at radius 3 is 2.88 bits per heavy atom. The van der Waals surface area contributed by atoms with E-state index < -0.39 is 5.91 Å². The molecule has 16 heavy (non-hydrogen) atoms. The number of carbonyl (C=O) groups is 1. The van der Waals surface area contributed by atoms with E-state index in [0.717, 1.165) is 0 Å². The number of halogens is 2. The second-order valence-corrected chi connectivity index (χ2v) is 3.70. The van der Waals surface area contributed by atoms with Gasteiger partial charge in [0.05, 0.1) is 16.9 Å². The molecule has 0 spiro atoms. The lowest BCUT2D eigenvalue weighted by Gasteiger charge is -2.03. The highest BCUT2D eigenvalue weighted by molar-refractivity contribution is 6.35. The standard InChI is InChI=1S/C9H6Cl2N4O/c10-6-1-2-7(11)15-8(6)9(16)14-5-3-12-13-4-5/h1-4H,(H,12,13)(H,14,16). The number of hydrogen-bond acceptors (Lipinski definition) is 3. The number of hydrogen-bond donors (Lipinski definition) is 2. The fourth-order valence-corrected chi connectivity index (χ4v) is 1.43. The molecule has 0 aliphatic rings. The maximum atomic E-state index is 11.7. The first-order chi connectivity index (χ1) is 7.66.